The van der Waals surface area contributed by atoms with Gasteiger partial charge in [-0.1, -0.05) is 53.0 Å². The second-order valence-electron chi connectivity index (χ2n) is 10.4. The Kier molecular flexibility index (Phi) is 7.82. The zero-order chi connectivity index (χ0) is 27.7. The van der Waals surface area contributed by atoms with Gasteiger partial charge in [-0.2, -0.15) is 0 Å². The van der Waals surface area contributed by atoms with Crippen molar-refractivity contribution >= 4 is 52.6 Å². The second-order valence-corrected chi connectivity index (χ2v) is 11.6. The Labute approximate surface area is 248 Å². The first-order valence-corrected chi connectivity index (χ1v) is 14.5. The lowest BCUT2D eigenvalue weighted by Crippen LogP contribution is -2.47. The van der Waals surface area contributed by atoms with Gasteiger partial charge in [0.2, 0.25) is 0 Å². The van der Waals surface area contributed by atoms with Crippen LogP contribution in [0.4, 0.5) is 10.5 Å². The number of likely N-dealkylation sites (tertiary alicyclic amines) is 1. The molecule has 0 unspecified atom stereocenters. The number of urea groups is 1. The number of hydrogen-bond acceptors (Lipinski definition) is 5. The summed E-state index contributed by atoms with van der Waals surface area (Å²) in [7, 11) is 0. The molecule has 4 heterocycles. The van der Waals surface area contributed by atoms with Crippen LogP contribution in [-0.4, -0.2) is 55.3 Å². The number of nitrogens with zero attached hydrogens (tertiary/aromatic N) is 3. The molecule has 2 amide bonds. The van der Waals surface area contributed by atoms with E-state index in [1.54, 1.807) is 12.3 Å². The van der Waals surface area contributed by atoms with Crippen LogP contribution in [0.5, 0.6) is 11.5 Å². The van der Waals surface area contributed by atoms with E-state index in [9.17, 15) is 4.79 Å². The number of rotatable bonds is 5. The fourth-order valence-electron chi connectivity index (χ4n) is 5.75. The van der Waals surface area contributed by atoms with Crippen molar-refractivity contribution in [1.29, 1.82) is 0 Å². The summed E-state index contributed by atoms with van der Waals surface area (Å²) >= 11 is 18.2. The molecule has 3 aliphatic heterocycles. The first kappa shape index (κ1) is 27.2. The molecule has 0 bridgehead atoms. The minimum atomic E-state index is -0.146. The second kappa shape index (κ2) is 11.5. The molecule has 3 aliphatic rings. The lowest BCUT2D eigenvalue weighted by molar-refractivity contribution is 0.168. The normalized spacial score (nSPS) is 17.8. The highest BCUT2D eigenvalue weighted by molar-refractivity contribution is 6.42. The standard InChI is InChI=1S/C30H29Cl3N4O3/c31-23-4-3-20(14-24(23)32)2-1-9-36-10-6-30(7-11-36)19-37(29(38)35-18-21-5-8-34-28(33)15-21)25-17-27-26(16-22(25)30)39-12-13-40-27/h1-5,8,14-17H,6-7,9-13,18-19H2,(H,35,38)/b2-1+. The van der Waals surface area contributed by atoms with E-state index < -0.39 is 0 Å². The summed E-state index contributed by atoms with van der Waals surface area (Å²) in [4.78, 5) is 21.8. The van der Waals surface area contributed by atoms with Crippen LogP contribution in [0.3, 0.4) is 0 Å². The molecule has 1 N–H and O–H groups in total. The summed E-state index contributed by atoms with van der Waals surface area (Å²) in [5.74, 6) is 1.44. The van der Waals surface area contributed by atoms with E-state index in [1.165, 1.54) is 0 Å². The molecule has 1 aromatic heterocycles. The number of aromatic nitrogens is 1. The van der Waals surface area contributed by atoms with E-state index in [0.29, 0.717) is 47.3 Å². The monoisotopic (exact) mass is 598 g/mol. The first-order valence-electron chi connectivity index (χ1n) is 13.3. The van der Waals surface area contributed by atoms with Crippen molar-refractivity contribution in [3.63, 3.8) is 0 Å². The highest BCUT2D eigenvalue weighted by Gasteiger charge is 2.47. The third-order valence-corrected chi connectivity index (χ3v) is 8.84. The fourth-order valence-corrected chi connectivity index (χ4v) is 6.25. The molecule has 0 radical (unpaired) electrons. The number of nitrogens with one attached hydrogen (secondary N) is 1. The third-order valence-electron chi connectivity index (χ3n) is 7.89. The van der Waals surface area contributed by atoms with Gasteiger partial charge in [0.15, 0.2) is 11.5 Å². The number of anilines is 1. The van der Waals surface area contributed by atoms with Crippen molar-refractivity contribution in [1.82, 2.24) is 15.2 Å². The number of benzene rings is 2. The molecule has 208 valence electrons. The summed E-state index contributed by atoms with van der Waals surface area (Å²) in [6, 6.07) is 13.2. The molecule has 1 spiro atoms. The summed E-state index contributed by atoms with van der Waals surface area (Å²) < 4.78 is 11.8. The lowest BCUT2D eigenvalue weighted by atomic mass is 9.74. The van der Waals surface area contributed by atoms with Gasteiger partial charge in [-0.05, 0) is 73.0 Å². The Morgan fingerprint density at radius 3 is 2.52 bits per heavy atom. The highest BCUT2D eigenvalue weighted by atomic mass is 35.5. The number of hydrogen-bond donors (Lipinski definition) is 1. The predicted molar refractivity (Wildman–Crippen MR) is 159 cm³/mol. The Morgan fingerprint density at radius 1 is 1.00 bits per heavy atom. The Morgan fingerprint density at radius 2 is 1.77 bits per heavy atom. The van der Waals surface area contributed by atoms with E-state index in [0.717, 1.165) is 60.6 Å². The van der Waals surface area contributed by atoms with Crippen LogP contribution in [0.1, 0.15) is 29.5 Å². The van der Waals surface area contributed by atoms with Crippen LogP contribution in [0.25, 0.3) is 6.08 Å². The fraction of sp³-hybridized carbons (Fsp3) is 0.333. The predicted octanol–water partition coefficient (Wildman–Crippen LogP) is 6.59. The van der Waals surface area contributed by atoms with Crippen LogP contribution < -0.4 is 19.7 Å². The summed E-state index contributed by atoms with van der Waals surface area (Å²) in [5.41, 5.74) is 3.82. The number of carbonyl (C=O) groups is 1. The quantitative estimate of drug-likeness (QED) is 0.335. The van der Waals surface area contributed by atoms with Gasteiger partial charge in [0, 0.05) is 37.3 Å². The minimum absolute atomic E-state index is 0.144. The van der Waals surface area contributed by atoms with E-state index in [4.69, 9.17) is 44.3 Å². The topological polar surface area (TPSA) is 66.9 Å². The molecular weight excluding hydrogens is 571 g/mol. The number of amides is 2. The smallest absolute Gasteiger partial charge is 0.322 e. The van der Waals surface area contributed by atoms with Crippen molar-refractivity contribution < 1.29 is 14.3 Å². The summed E-state index contributed by atoms with van der Waals surface area (Å²) in [6.45, 7) is 4.68. The van der Waals surface area contributed by atoms with E-state index in [1.807, 2.05) is 35.2 Å². The number of carbonyl (C=O) groups excluding carboxylic acids is 1. The average Bonchev–Trinajstić information content (AvgIpc) is 3.26. The van der Waals surface area contributed by atoms with Crippen molar-refractivity contribution in [3.05, 3.63) is 86.6 Å². The molecule has 0 atom stereocenters. The Bertz CT molecular complexity index is 1460. The van der Waals surface area contributed by atoms with Crippen molar-refractivity contribution in [2.24, 2.45) is 0 Å². The maximum Gasteiger partial charge on any atom is 0.322 e. The lowest BCUT2D eigenvalue weighted by Gasteiger charge is -2.39. The number of halogens is 3. The Balaban J connectivity index is 1.17. The zero-order valence-corrected chi connectivity index (χ0v) is 24.1. The van der Waals surface area contributed by atoms with Crippen LogP contribution in [0.15, 0.2) is 54.7 Å². The van der Waals surface area contributed by atoms with Crippen molar-refractivity contribution in [2.45, 2.75) is 24.8 Å². The Hall–Kier alpha value is -2.97. The number of piperidine rings is 1. The average molecular weight is 600 g/mol. The van der Waals surface area contributed by atoms with E-state index >= 15 is 0 Å². The molecule has 40 heavy (non-hydrogen) atoms. The van der Waals surface area contributed by atoms with Gasteiger partial charge in [0.1, 0.15) is 18.4 Å². The molecule has 1 fully saturated rings. The highest BCUT2D eigenvalue weighted by Crippen LogP contribution is 2.51. The molecule has 2 aromatic carbocycles. The van der Waals surface area contributed by atoms with Gasteiger partial charge in [0.25, 0.3) is 0 Å². The first-order chi connectivity index (χ1) is 19.4. The maximum atomic E-state index is 13.5. The molecular formula is C30H29Cl3N4O3. The van der Waals surface area contributed by atoms with E-state index in [-0.39, 0.29) is 11.4 Å². The van der Waals surface area contributed by atoms with Crippen molar-refractivity contribution in [2.75, 3.05) is 44.3 Å². The molecule has 0 aliphatic carbocycles. The van der Waals surface area contributed by atoms with Gasteiger partial charge < -0.3 is 14.8 Å². The van der Waals surface area contributed by atoms with Crippen LogP contribution in [0, 0.1) is 0 Å². The molecule has 10 heteroatoms. The van der Waals surface area contributed by atoms with E-state index in [2.05, 4.69) is 33.4 Å². The van der Waals surface area contributed by atoms with Gasteiger partial charge in [0.05, 0.1) is 15.7 Å². The number of fused-ring (bicyclic) bond motifs is 3. The minimum Gasteiger partial charge on any atom is -0.486 e. The summed E-state index contributed by atoms with van der Waals surface area (Å²) in [5, 5.41) is 4.57. The summed E-state index contributed by atoms with van der Waals surface area (Å²) in [6.07, 6.45) is 7.74. The van der Waals surface area contributed by atoms with Crippen LogP contribution in [-0.2, 0) is 12.0 Å². The number of pyridine rings is 1. The van der Waals surface area contributed by atoms with Crippen LogP contribution >= 0.6 is 34.8 Å². The van der Waals surface area contributed by atoms with Gasteiger partial charge in [-0.15, -0.1) is 0 Å². The number of ether oxygens (including phenoxy) is 2. The molecule has 3 aromatic rings. The van der Waals surface area contributed by atoms with Crippen molar-refractivity contribution in [3.8, 4) is 11.5 Å². The SMILES string of the molecule is O=C(NCc1ccnc(Cl)c1)N1CC2(CCN(C/C=C/c3ccc(Cl)c(Cl)c3)CC2)c2cc3c(cc21)OCCO3. The molecule has 7 nitrogen and oxygen atoms in total. The largest absolute Gasteiger partial charge is 0.486 e. The van der Waals surface area contributed by atoms with Crippen LogP contribution in [0.2, 0.25) is 15.2 Å². The van der Waals surface area contributed by atoms with Gasteiger partial charge in [-0.3, -0.25) is 9.80 Å². The van der Waals surface area contributed by atoms with Gasteiger partial charge in [-0.25, -0.2) is 9.78 Å². The molecule has 6 rings (SSSR count). The van der Waals surface area contributed by atoms with Gasteiger partial charge >= 0.3 is 6.03 Å². The molecule has 0 saturated carbocycles. The third kappa shape index (κ3) is 5.61. The molecule has 1 saturated heterocycles. The zero-order valence-electron chi connectivity index (χ0n) is 21.8. The maximum absolute atomic E-state index is 13.5.